The topological polar surface area (TPSA) is 133 Å². The molecular weight excluding hydrogens is 240 g/mol. The van der Waals surface area contributed by atoms with Crippen molar-refractivity contribution in [3.8, 4) is 0 Å². The van der Waals surface area contributed by atoms with Crippen LogP contribution in [-0.2, 0) is 11.4 Å². The molecule has 2 heterocycles. The molecule has 2 aromatic heterocycles. The Morgan fingerprint density at radius 2 is 1.67 bits per heavy atom. The number of carbonyl (C=O) groups excluding carboxylic acids is 2. The number of aliphatic hydroxyl groups excluding tert-OH is 1. The Kier molecular flexibility index (Phi) is 14.3. The fourth-order valence-electron chi connectivity index (χ4n) is 0.629. The van der Waals surface area contributed by atoms with Crippen LogP contribution in [0.5, 0.6) is 0 Å². The molecule has 0 saturated carbocycles. The van der Waals surface area contributed by atoms with Crippen LogP contribution in [0, 0.1) is 0 Å². The Bertz CT molecular complexity index is 337. The first-order valence-corrected chi connectivity index (χ1v) is 4.61. The van der Waals surface area contributed by atoms with E-state index in [2.05, 4.69) is 15.9 Å². The highest BCUT2D eigenvalue weighted by molar-refractivity contribution is 5.69. The first-order chi connectivity index (χ1) is 8.66. The molecule has 7 heteroatoms. The highest BCUT2D eigenvalue weighted by atomic mass is 16.4. The molecule has 100 valence electrons. The number of hydrogen-bond acceptors (Lipinski definition) is 5. The van der Waals surface area contributed by atoms with Gasteiger partial charge in [0.15, 0.2) is 0 Å². The van der Waals surface area contributed by atoms with Crippen LogP contribution >= 0.6 is 0 Å². The lowest BCUT2D eigenvalue weighted by atomic mass is 10.5. The number of nitrogens with two attached hydrogens (primary N) is 2. The maximum Gasteiger partial charge on any atom is 0.309 e. The van der Waals surface area contributed by atoms with Crippen LogP contribution < -0.4 is 11.5 Å². The van der Waals surface area contributed by atoms with Crippen molar-refractivity contribution in [1.82, 2.24) is 0 Å². The molecule has 0 aliphatic rings. The predicted octanol–water partition coefficient (Wildman–Crippen LogP) is 0.890. The lowest BCUT2D eigenvalue weighted by Crippen LogP contribution is -2.18. The number of amides is 2. The molecule has 5 N–H and O–H groups in total. The molecule has 0 aliphatic heterocycles. The second kappa shape index (κ2) is 14.5. The molecule has 2 rings (SSSR count). The van der Waals surface area contributed by atoms with E-state index >= 15 is 0 Å². The molecular formula is C11H16N2O5. The van der Waals surface area contributed by atoms with Crippen LogP contribution in [0.1, 0.15) is 5.76 Å². The SMILES string of the molecule is C=O.NC(N)=O.OCc1ccco1.c1ccoc1. The fourth-order valence-corrected chi connectivity index (χ4v) is 0.629. The summed E-state index contributed by atoms with van der Waals surface area (Å²) in [5, 5.41) is 8.33. The van der Waals surface area contributed by atoms with Crippen molar-refractivity contribution in [3.63, 3.8) is 0 Å². The van der Waals surface area contributed by atoms with Crippen molar-refractivity contribution in [2.45, 2.75) is 6.61 Å². The largest absolute Gasteiger partial charge is 0.473 e. The molecule has 2 amide bonds. The average molecular weight is 256 g/mol. The zero-order valence-corrected chi connectivity index (χ0v) is 9.69. The number of hydrogen-bond donors (Lipinski definition) is 3. The van der Waals surface area contributed by atoms with E-state index in [0.717, 1.165) is 0 Å². The smallest absolute Gasteiger partial charge is 0.309 e. The van der Waals surface area contributed by atoms with Gasteiger partial charge in [0.05, 0.1) is 18.8 Å². The minimum absolute atomic E-state index is 0.00694. The molecule has 18 heavy (non-hydrogen) atoms. The molecule has 0 spiro atoms. The standard InChI is InChI=1S/C5H6O2.C4H4O.CH4N2O.CH2O/c6-4-5-2-1-3-7-5;1-2-4-5-3-1;2-1(3)4;1-2/h1-3,6H,4H2;1-4H;(H4,2,3,4);1H2. The fraction of sp³-hybridized carbons (Fsp3) is 0.0909. The Hall–Kier alpha value is -2.54. The number of furan rings is 2. The summed E-state index contributed by atoms with van der Waals surface area (Å²) in [6.07, 6.45) is 4.78. The number of urea groups is 1. The zero-order valence-electron chi connectivity index (χ0n) is 9.69. The monoisotopic (exact) mass is 256 g/mol. The molecule has 0 aromatic carbocycles. The summed E-state index contributed by atoms with van der Waals surface area (Å²) in [7, 11) is 0. The van der Waals surface area contributed by atoms with Crippen LogP contribution in [0.15, 0.2) is 51.9 Å². The van der Waals surface area contributed by atoms with E-state index < -0.39 is 6.03 Å². The van der Waals surface area contributed by atoms with Gasteiger partial charge in [-0.1, -0.05) is 0 Å². The first kappa shape index (κ1) is 17.8. The maximum atomic E-state index is 9.00. The molecule has 0 unspecified atom stereocenters. The number of rotatable bonds is 1. The van der Waals surface area contributed by atoms with E-state index in [1.54, 1.807) is 24.7 Å². The van der Waals surface area contributed by atoms with E-state index in [0.29, 0.717) is 5.76 Å². The Labute approximate surface area is 104 Å². The minimum Gasteiger partial charge on any atom is -0.473 e. The highest BCUT2D eigenvalue weighted by Crippen LogP contribution is 1.96. The maximum absolute atomic E-state index is 9.00. The summed E-state index contributed by atoms with van der Waals surface area (Å²) in [6.45, 7) is 1.99. The van der Waals surface area contributed by atoms with Gasteiger partial charge in [-0.15, -0.1) is 0 Å². The van der Waals surface area contributed by atoms with Gasteiger partial charge >= 0.3 is 6.03 Å². The quantitative estimate of drug-likeness (QED) is 0.696. The van der Waals surface area contributed by atoms with Crippen molar-refractivity contribution < 1.29 is 23.5 Å². The Balaban J connectivity index is 0. The Morgan fingerprint density at radius 1 is 1.17 bits per heavy atom. The summed E-state index contributed by atoms with van der Waals surface area (Å²) in [6, 6.07) is 6.30. The third-order valence-corrected chi connectivity index (χ3v) is 1.16. The van der Waals surface area contributed by atoms with Gasteiger partial charge in [-0.05, 0) is 24.3 Å². The van der Waals surface area contributed by atoms with Gasteiger partial charge in [0.1, 0.15) is 19.2 Å². The summed E-state index contributed by atoms with van der Waals surface area (Å²) >= 11 is 0. The van der Waals surface area contributed by atoms with Crippen molar-refractivity contribution in [3.05, 3.63) is 48.8 Å². The van der Waals surface area contributed by atoms with E-state index in [1.165, 1.54) is 6.26 Å². The van der Waals surface area contributed by atoms with Crippen LogP contribution in [0.2, 0.25) is 0 Å². The second-order valence-electron chi connectivity index (χ2n) is 2.43. The van der Waals surface area contributed by atoms with Crippen molar-refractivity contribution >= 4 is 12.8 Å². The molecule has 0 bridgehead atoms. The van der Waals surface area contributed by atoms with E-state index in [4.69, 9.17) is 19.1 Å². The van der Waals surface area contributed by atoms with Crippen LogP contribution in [0.25, 0.3) is 0 Å². The summed E-state index contributed by atoms with van der Waals surface area (Å²) in [5.74, 6) is 0.611. The van der Waals surface area contributed by atoms with Gasteiger partial charge in [-0.3, -0.25) is 0 Å². The predicted molar refractivity (Wildman–Crippen MR) is 64.2 cm³/mol. The van der Waals surface area contributed by atoms with Gasteiger partial charge in [-0.25, -0.2) is 4.79 Å². The lowest BCUT2D eigenvalue weighted by Gasteiger charge is -1.79. The van der Waals surface area contributed by atoms with E-state index in [1.807, 2.05) is 18.9 Å². The third kappa shape index (κ3) is 15.9. The Morgan fingerprint density at radius 3 is 1.83 bits per heavy atom. The van der Waals surface area contributed by atoms with Crippen molar-refractivity contribution in [1.29, 1.82) is 0 Å². The molecule has 0 radical (unpaired) electrons. The summed E-state index contributed by atoms with van der Waals surface area (Å²) < 4.78 is 9.32. The van der Waals surface area contributed by atoms with Gasteiger partial charge < -0.3 is 30.2 Å². The molecule has 7 nitrogen and oxygen atoms in total. The van der Waals surface area contributed by atoms with E-state index in [-0.39, 0.29) is 6.61 Å². The van der Waals surface area contributed by atoms with Crippen molar-refractivity contribution in [2.75, 3.05) is 0 Å². The molecule has 2 aromatic rings. The molecule has 0 atom stereocenters. The zero-order chi connectivity index (χ0) is 14.2. The number of aliphatic hydroxyl groups is 1. The number of primary amides is 2. The van der Waals surface area contributed by atoms with Crippen molar-refractivity contribution in [2.24, 2.45) is 11.5 Å². The second-order valence-corrected chi connectivity index (χ2v) is 2.43. The average Bonchev–Trinajstić information content (AvgIpc) is 3.07. The minimum atomic E-state index is -0.833. The van der Waals surface area contributed by atoms with Crippen LogP contribution in [-0.4, -0.2) is 17.9 Å². The van der Waals surface area contributed by atoms with Gasteiger partial charge in [-0.2, -0.15) is 0 Å². The third-order valence-electron chi connectivity index (χ3n) is 1.16. The number of carbonyl (C=O) groups is 2. The molecule has 0 aliphatic carbocycles. The van der Waals surface area contributed by atoms with Gasteiger partial charge in [0.2, 0.25) is 0 Å². The normalized spacial score (nSPS) is 7.39. The van der Waals surface area contributed by atoms with E-state index in [9.17, 15) is 0 Å². The van der Waals surface area contributed by atoms with Crippen LogP contribution in [0.4, 0.5) is 4.79 Å². The van der Waals surface area contributed by atoms with Crippen LogP contribution in [0.3, 0.4) is 0 Å². The molecule has 0 fully saturated rings. The summed E-state index contributed by atoms with van der Waals surface area (Å²) in [5.41, 5.74) is 8.50. The first-order valence-electron chi connectivity index (χ1n) is 4.61. The van der Waals surface area contributed by atoms with Gasteiger partial charge in [0.25, 0.3) is 0 Å². The lowest BCUT2D eigenvalue weighted by molar-refractivity contribution is -0.0979. The highest BCUT2D eigenvalue weighted by Gasteiger charge is 1.85. The summed E-state index contributed by atoms with van der Waals surface area (Å²) in [4.78, 5) is 17.0. The van der Waals surface area contributed by atoms with Gasteiger partial charge in [0, 0.05) is 0 Å². The molecule has 0 saturated heterocycles.